The lowest BCUT2D eigenvalue weighted by atomic mass is 9.98. The normalized spacial score (nSPS) is 23.0. The van der Waals surface area contributed by atoms with Crippen LogP contribution in [0.3, 0.4) is 0 Å². The number of nitrogens with zero attached hydrogens (tertiary/aromatic N) is 2. The molecule has 2 aliphatic rings. The molecule has 0 spiro atoms. The molecule has 0 radical (unpaired) electrons. The minimum atomic E-state index is -2.87. The summed E-state index contributed by atoms with van der Waals surface area (Å²) >= 11 is 0. The fourth-order valence-electron chi connectivity index (χ4n) is 4.02. The molecule has 0 aliphatic carbocycles. The van der Waals surface area contributed by atoms with Crippen LogP contribution in [0.5, 0.6) is 5.75 Å². The van der Waals surface area contributed by atoms with Crippen LogP contribution in [0.25, 0.3) is 0 Å². The van der Waals surface area contributed by atoms with Crippen LogP contribution in [0.4, 0.5) is 0 Å². The quantitative estimate of drug-likeness (QED) is 0.762. The summed E-state index contributed by atoms with van der Waals surface area (Å²) in [5, 5.41) is 0. The van der Waals surface area contributed by atoms with Gasteiger partial charge in [0, 0.05) is 32.2 Å². The smallest absolute Gasteiger partial charge is 0.260 e. The van der Waals surface area contributed by atoms with E-state index >= 15 is 0 Å². The van der Waals surface area contributed by atoms with Crippen molar-refractivity contribution in [3.05, 3.63) is 29.3 Å². The Morgan fingerprint density at radius 2 is 1.93 bits per heavy atom. The zero-order chi connectivity index (χ0) is 19.6. The van der Waals surface area contributed by atoms with Crippen molar-refractivity contribution in [2.24, 2.45) is 0 Å². The number of carbonyl (C=O) groups is 1. The second kappa shape index (κ2) is 8.19. The molecule has 1 aromatic carbocycles. The van der Waals surface area contributed by atoms with Gasteiger partial charge in [0.15, 0.2) is 16.4 Å². The highest BCUT2D eigenvalue weighted by Gasteiger charge is 2.34. The number of benzene rings is 1. The van der Waals surface area contributed by atoms with Crippen molar-refractivity contribution in [1.82, 2.24) is 9.80 Å². The van der Waals surface area contributed by atoms with Crippen molar-refractivity contribution in [3.63, 3.8) is 0 Å². The van der Waals surface area contributed by atoms with E-state index in [0.29, 0.717) is 31.2 Å². The van der Waals surface area contributed by atoms with E-state index in [4.69, 9.17) is 4.74 Å². The van der Waals surface area contributed by atoms with Gasteiger partial charge in [-0.25, -0.2) is 8.42 Å². The third-order valence-electron chi connectivity index (χ3n) is 5.62. The van der Waals surface area contributed by atoms with Crippen molar-refractivity contribution >= 4 is 15.7 Å². The lowest BCUT2D eigenvalue weighted by Crippen LogP contribution is -2.53. The first-order valence-corrected chi connectivity index (χ1v) is 11.5. The van der Waals surface area contributed by atoms with E-state index in [1.165, 1.54) is 11.1 Å². The Hall–Kier alpha value is -1.60. The van der Waals surface area contributed by atoms with E-state index < -0.39 is 9.84 Å². The van der Waals surface area contributed by atoms with Gasteiger partial charge in [-0.05, 0) is 42.5 Å². The summed E-state index contributed by atoms with van der Waals surface area (Å²) in [4.78, 5) is 16.5. The van der Waals surface area contributed by atoms with E-state index in [1.807, 2.05) is 17.0 Å². The second-order valence-corrected chi connectivity index (χ2v) is 10.2. The lowest BCUT2D eigenvalue weighted by Gasteiger charge is -2.37. The van der Waals surface area contributed by atoms with Gasteiger partial charge in [0.1, 0.15) is 5.75 Å². The molecule has 7 heteroatoms. The van der Waals surface area contributed by atoms with Crippen LogP contribution in [0.1, 0.15) is 37.3 Å². The van der Waals surface area contributed by atoms with Crippen LogP contribution in [0, 0.1) is 6.92 Å². The van der Waals surface area contributed by atoms with Gasteiger partial charge in [-0.15, -0.1) is 0 Å². The summed E-state index contributed by atoms with van der Waals surface area (Å²) < 4.78 is 29.0. The molecule has 27 heavy (non-hydrogen) atoms. The Balaban J connectivity index is 1.47. The zero-order valence-corrected chi connectivity index (χ0v) is 17.3. The second-order valence-electron chi connectivity index (χ2n) is 7.94. The Morgan fingerprint density at radius 3 is 2.48 bits per heavy atom. The topological polar surface area (TPSA) is 66.9 Å². The number of carbonyl (C=O) groups excluding carboxylic acids is 1. The molecule has 2 fully saturated rings. The Kier molecular flexibility index (Phi) is 6.11. The van der Waals surface area contributed by atoms with Gasteiger partial charge in [-0.1, -0.05) is 19.9 Å². The fraction of sp³-hybridized carbons (Fsp3) is 0.650. The number of sulfone groups is 1. The molecule has 2 aliphatic heterocycles. The Morgan fingerprint density at radius 1 is 1.22 bits per heavy atom. The first-order chi connectivity index (χ1) is 12.7. The van der Waals surface area contributed by atoms with Gasteiger partial charge >= 0.3 is 0 Å². The summed E-state index contributed by atoms with van der Waals surface area (Å²) in [5.74, 6) is 1.72. The molecule has 6 nitrogen and oxygen atoms in total. The minimum Gasteiger partial charge on any atom is -0.484 e. The third kappa shape index (κ3) is 5.02. The number of hydrogen-bond donors (Lipinski definition) is 0. The minimum absolute atomic E-state index is 0.0146. The van der Waals surface area contributed by atoms with Gasteiger partial charge in [-0.2, -0.15) is 0 Å². The maximum Gasteiger partial charge on any atom is 0.260 e. The van der Waals surface area contributed by atoms with Crippen molar-refractivity contribution in [1.29, 1.82) is 0 Å². The first kappa shape index (κ1) is 20.1. The molecule has 2 heterocycles. The van der Waals surface area contributed by atoms with Crippen LogP contribution in [-0.2, 0) is 14.6 Å². The largest absolute Gasteiger partial charge is 0.484 e. The fourth-order valence-corrected chi connectivity index (χ4v) is 5.78. The standard InChI is InChI=1S/C20H30N2O4S/c1-15(2)19-5-4-18(12-16(19)3)26-13-20(23)22-9-7-21(8-10-22)17-6-11-27(24,25)14-17/h4-5,12,15,17H,6-11,13-14H2,1-3H3. The molecular weight excluding hydrogens is 364 g/mol. The molecule has 0 aromatic heterocycles. The SMILES string of the molecule is Cc1cc(OCC(=O)N2CCN(C3CCS(=O)(=O)C3)CC2)ccc1C(C)C. The molecular formula is C20H30N2O4S. The molecule has 2 saturated heterocycles. The van der Waals surface area contributed by atoms with Gasteiger partial charge < -0.3 is 9.64 Å². The molecule has 1 amide bonds. The van der Waals surface area contributed by atoms with Crippen LogP contribution < -0.4 is 4.74 Å². The molecule has 0 N–H and O–H groups in total. The van der Waals surface area contributed by atoms with E-state index in [2.05, 4.69) is 31.7 Å². The van der Waals surface area contributed by atoms with E-state index in [9.17, 15) is 13.2 Å². The van der Waals surface area contributed by atoms with Crippen LogP contribution in [0.2, 0.25) is 0 Å². The molecule has 150 valence electrons. The van der Waals surface area contributed by atoms with E-state index in [0.717, 1.165) is 18.8 Å². The average Bonchev–Trinajstić information content (AvgIpc) is 2.99. The summed E-state index contributed by atoms with van der Waals surface area (Å²) in [6.45, 7) is 9.14. The van der Waals surface area contributed by atoms with Crippen molar-refractivity contribution in [3.8, 4) is 5.75 Å². The van der Waals surface area contributed by atoms with Crippen LogP contribution >= 0.6 is 0 Å². The highest BCUT2D eigenvalue weighted by Crippen LogP contribution is 2.24. The van der Waals surface area contributed by atoms with E-state index in [-0.39, 0.29) is 24.3 Å². The Bertz CT molecular complexity index is 783. The summed E-state index contributed by atoms with van der Waals surface area (Å²) in [5.41, 5.74) is 2.47. The first-order valence-electron chi connectivity index (χ1n) is 9.71. The Labute approximate surface area is 162 Å². The molecule has 1 unspecified atom stereocenters. The predicted molar refractivity (Wildman–Crippen MR) is 106 cm³/mol. The highest BCUT2D eigenvalue weighted by atomic mass is 32.2. The van der Waals surface area contributed by atoms with Crippen molar-refractivity contribution < 1.29 is 17.9 Å². The van der Waals surface area contributed by atoms with Crippen LogP contribution in [-0.4, -0.2) is 74.5 Å². The number of ether oxygens (including phenoxy) is 1. The summed E-state index contributed by atoms with van der Waals surface area (Å²) in [6, 6.07) is 6.09. The maximum atomic E-state index is 12.4. The molecule has 0 bridgehead atoms. The molecule has 1 atom stereocenters. The molecule has 1 aromatic rings. The number of aryl methyl sites for hydroxylation is 1. The lowest BCUT2D eigenvalue weighted by molar-refractivity contribution is -0.135. The molecule has 3 rings (SSSR count). The molecule has 0 saturated carbocycles. The van der Waals surface area contributed by atoms with Gasteiger partial charge in [0.2, 0.25) is 0 Å². The number of rotatable bonds is 5. The highest BCUT2D eigenvalue weighted by molar-refractivity contribution is 7.91. The number of hydrogen-bond acceptors (Lipinski definition) is 5. The van der Waals surface area contributed by atoms with Gasteiger partial charge in [0.25, 0.3) is 5.91 Å². The monoisotopic (exact) mass is 394 g/mol. The predicted octanol–water partition coefficient (Wildman–Crippen LogP) is 1.83. The van der Waals surface area contributed by atoms with Gasteiger partial charge in [0.05, 0.1) is 11.5 Å². The van der Waals surface area contributed by atoms with Crippen LogP contribution in [0.15, 0.2) is 18.2 Å². The maximum absolute atomic E-state index is 12.4. The van der Waals surface area contributed by atoms with Gasteiger partial charge in [-0.3, -0.25) is 9.69 Å². The number of amides is 1. The summed E-state index contributed by atoms with van der Waals surface area (Å²) in [7, 11) is -2.87. The average molecular weight is 395 g/mol. The third-order valence-corrected chi connectivity index (χ3v) is 7.37. The zero-order valence-electron chi connectivity index (χ0n) is 16.5. The van der Waals surface area contributed by atoms with Crippen molar-refractivity contribution in [2.45, 2.75) is 39.2 Å². The van der Waals surface area contributed by atoms with E-state index in [1.54, 1.807) is 0 Å². The van der Waals surface area contributed by atoms with Crippen molar-refractivity contribution in [2.75, 3.05) is 44.3 Å². The number of piperazine rings is 1. The summed E-state index contributed by atoms with van der Waals surface area (Å²) in [6.07, 6.45) is 0.713.